The molecule has 0 radical (unpaired) electrons. The minimum atomic E-state index is 0.262. The molecule has 0 unspecified atom stereocenters. The number of fused-ring (bicyclic) bond motifs is 3. The van der Waals surface area contributed by atoms with Crippen LogP contribution in [0.1, 0.15) is 16.7 Å². The van der Waals surface area contributed by atoms with Gasteiger partial charge in [-0.15, -0.1) is 0 Å². The Morgan fingerprint density at radius 1 is 0.486 bits per heavy atom. The maximum atomic E-state index is 10.0. The fourth-order valence-corrected chi connectivity index (χ4v) is 5.27. The molecule has 0 atom stereocenters. The summed E-state index contributed by atoms with van der Waals surface area (Å²) in [5.41, 5.74) is 7.79. The molecule has 0 heterocycles. The van der Waals surface area contributed by atoms with Crippen LogP contribution in [0.5, 0.6) is 5.75 Å². The summed E-state index contributed by atoms with van der Waals surface area (Å²) in [6.45, 7) is 12.1. The molecule has 0 aliphatic rings. The lowest BCUT2D eigenvalue weighted by atomic mass is 9.90. The van der Waals surface area contributed by atoms with Gasteiger partial charge < -0.3 is 5.11 Å². The zero-order valence-corrected chi connectivity index (χ0v) is 20.5. The highest BCUT2D eigenvalue weighted by atomic mass is 16.3. The summed E-state index contributed by atoms with van der Waals surface area (Å²) in [5, 5.41) is 16.8. The zero-order valence-electron chi connectivity index (χ0n) is 20.5. The Morgan fingerprint density at radius 2 is 1.30 bits per heavy atom. The Morgan fingerprint density at radius 3 is 2.11 bits per heavy atom. The van der Waals surface area contributed by atoms with Crippen LogP contribution in [0.2, 0.25) is 0 Å². The maximum Gasteiger partial charge on any atom is 0.116 e. The van der Waals surface area contributed by atoms with Crippen molar-refractivity contribution in [2.24, 2.45) is 0 Å². The molecule has 0 saturated carbocycles. The molecule has 1 N–H and O–H groups in total. The topological polar surface area (TPSA) is 20.2 Å². The number of benzene rings is 6. The van der Waals surface area contributed by atoms with Crippen molar-refractivity contribution in [1.82, 2.24) is 0 Å². The van der Waals surface area contributed by atoms with Gasteiger partial charge in [-0.2, -0.15) is 0 Å². The summed E-state index contributed by atoms with van der Waals surface area (Å²) in [6, 6.07) is 33.6. The normalized spacial score (nSPS) is 11.1. The maximum absolute atomic E-state index is 10.0. The largest absolute Gasteiger partial charge is 0.508 e. The summed E-state index contributed by atoms with van der Waals surface area (Å²) >= 11 is 0. The van der Waals surface area contributed by atoms with Crippen molar-refractivity contribution < 1.29 is 5.11 Å². The number of hydrogen-bond donors (Lipinski definition) is 1. The Bertz CT molecular complexity index is 1890. The van der Waals surface area contributed by atoms with Gasteiger partial charge in [-0.3, -0.25) is 0 Å². The van der Waals surface area contributed by atoms with E-state index < -0.39 is 0 Å². The Labute approximate surface area is 217 Å². The molecule has 37 heavy (non-hydrogen) atoms. The molecule has 0 aliphatic heterocycles. The molecule has 0 saturated heterocycles. The average molecular weight is 475 g/mol. The van der Waals surface area contributed by atoms with E-state index in [-0.39, 0.29) is 5.75 Å². The summed E-state index contributed by atoms with van der Waals surface area (Å²) < 4.78 is 0. The number of rotatable bonds is 5. The van der Waals surface area contributed by atoms with Crippen LogP contribution in [0.15, 0.2) is 117 Å². The predicted molar refractivity (Wildman–Crippen MR) is 162 cm³/mol. The minimum absolute atomic E-state index is 0.262. The molecular formula is C36H26O. The Kier molecular flexibility index (Phi) is 5.47. The molecule has 6 aromatic carbocycles. The van der Waals surface area contributed by atoms with Crippen LogP contribution in [0.3, 0.4) is 0 Å². The van der Waals surface area contributed by atoms with Gasteiger partial charge in [0, 0.05) is 0 Å². The van der Waals surface area contributed by atoms with Crippen LogP contribution in [0, 0.1) is 0 Å². The van der Waals surface area contributed by atoms with Crippen LogP contribution >= 0.6 is 0 Å². The lowest BCUT2D eigenvalue weighted by molar-refractivity contribution is 0.476. The van der Waals surface area contributed by atoms with E-state index in [0.717, 1.165) is 54.9 Å². The van der Waals surface area contributed by atoms with Gasteiger partial charge in [0.2, 0.25) is 0 Å². The Hall–Kier alpha value is -4.88. The van der Waals surface area contributed by atoms with Gasteiger partial charge in [-0.1, -0.05) is 86.5 Å². The third kappa shape index (κ3) is 3.91. The molecule has 0 bridgehead atoms. The summed E-state index contributed by atoms with van der Waals surface area (Å²) in [7, 11) is 0. The van der Waals surface area contributed by atoms with Gasteiger partial charge in [0.1, 0.15) is 5.75 Å². The molecule has 1 nitrogen and oxygen atoms in total. The van der Waals surface area contributed by atoms with Crippen LogP contribution in [-0.2, 0) is 0 Å². The first kappa shape index (κ1) is 22.6. The van der Waals surface area contributed by atoms with Crippen molar-refractivity contribution >= 4 is 50.5 Å². The number of aromatic hydroxyl groups is 1. The van der Waals surface area contributed by atoms with Gasteiger partial charge in [-0.05, 0) is 120 Å². The van der Waals surface area contributed by atoms with Gasteiger partial charge in [-0.25, -0.2) is 0 Å². The molecule has 176 valence electrons. The second-order valence-corrected chi connectivity index (χ2v) is 9.37. The van der Waals surface area contributed by atoms with Crippen molar-refractivity contribution in [3.05, 3.63) is 133 Å². The first-order valence-corrected chi connectivity index (χ1v) is 12.3. The van der Waals surface area contributed by atoms with E-state index in [1.807, 2.05) is 24.3 Å². The van der Waals surface area contributed by atoms with Crippen LogP contribution in [0.4, 0.5) is 0 Å². The van der Waals surface area contributed by atoms with Gasteiger partial charge >= 0.3 is 0 Å². The molecule has 0 spiro atoms. The zero-order chi connectivity index (χ0) is 25.5. The van der Waals surface area contributed by atoms with E-state index in [9.17, 15) is 5.11 Å². The number of phenols is 1. The highest BCUT2D eigenvalue weighted by Crippen LogP contribution is 2.37. The fraction of sp³-hybridized carbons (Fsp3) is 0. The fourth-order valence-electron chi connectivity index (χ4n) is 5.27. The van der Waals surface area contributed by atoms with Gasteiger partial charge in [0.25, 0.3) is 0 Å². The SMILES string of the molecule is C=Cc1ccc2cccc(-c3cc(C=C)c4cc(-c5cc6cc(O)ccc6cc5C=C)ccc4c3)c2c1. The van der Waals surface area contributed by atoms with E-state index in [2.05, 4.69) is 98.6 Å². The molecule has 6 rings (SSSR count). The lowest BCUT2D eigenvalue weighted by Gasteiger charge is -2.14. The van der Waals surface area contributed by atoms with Crippen molar-refractivity contribution in [3.8, 4) is 28.0 Å². The molecule has 0 aliphatic carbocycles. The van der Waals surface area contributed by atoms with Crippen molar-refractivity contribution in [2.75, 3.05) is 0 Å². The van der Waals surface area contributed by atoms with E-state index in [0.29, 0.717) is 0 Å². The predicted octanol–water partition coefficient (Wildman–Crippen LogP) is 10.1. The first-order chi connectivity index (χ1) is 18.1. The van der Waals surface area contributed by atoms with Crippen LogP contribution in [0.25, 0.3) is 72.8 Å². The minimum Gasteiger partial charge on any atom is -0.508 e. The number of phenolic OH excluding ortho intramolecular Hbond substituents is 1. The second kappa shape index (κ2) is 8.96. The van der Waals surface area contributed by atoms with Gasteiger partial charge in [0.15, 0.2) is 0 Å². The third-order valence-electron chi connectivity index (χ3n) is 7.18. The highest BCUT2D eigenvalue weighted by Gasteiger charge is 2.11. The van der Waals surface area contributed by atoms with Gasteiger partial charge in [0.05, 0.1) is 0 Å². The van der Waals surface area contributed by atoms with E-state index in [1.54, 1.807) is 12.1 Å². The molecule has 0 aromatic heterocycles. The summed E-state index contributed by atoms with van der Waals surface area (Å²) in [4.78, 5) is 0. The standard InChI is InChI=1S/C36H26O/c1-4-23-10-11-26-8-7-9-33(36(26)16-23)31-18-25(6-3)34-21-29(13-12-28(34)19-31)35-22-30-20-32(37)15-14-27(30)17-24(35)5-2/h4-22,37H,1-3H2. The van der Waals surface area contributed by atoms with Crippen molar-refractivity contribution in [1.29, 1.82) is 0 Å². The highest BCUT2D eigenvalue weighted by molar-refractivity contribution is 6.03. The molecular weight excluding hydrogens is 448 g/mol. The van der Waals surface area contributed by atoms with Crippen LogP contribution < -0.4 is 0 Å². The quantitative estimate of drug-likeness (QED) is 0.263. The summed E-state index contributed by atoms with van der Waals surface area (Å²) in [5.74, 6) is 0.262. The molecule has 0 amide bonds. The van der Waals surface area contributed by atoms with Crippen LogP contribution in [-0.4, -0.2) is 5.11 Å². The third-order valence-corrected chi connectivity index (χ3v) is 7.18. The molecule has 1 heteroatoms. The molecule has 6 aromatic rings. The lowest BCUT2D eigenvalue weighted by Crippen LogP contribution is -1.89. The average Bonchev–Trinajstić information content (AvgIpc) is 2.94. The van der Waals surface area contributed by atoms with Crippen molar-refractivity contribution in [2.45, 2.75) is 0 Å². The van der Waals surface area contributed by atoms with E-state index >= 15 is 0 Å². The Balaban J connectivity index is 1.55. The number of hydrogen-bond acceptors (Lipinski definition) is 1. The smallest absolute Gasteiger partial charge is 0.116 e. The first-order valence-electron chi connectivity index (χ1n) is 12.3. The monoisotopic (exact) mass is 474 g/mol. The van der Waals surface area contributed by atoms with Crippen molar-refractivity contribution in [3.63, 3.8) is 0 Å². The second-order valence-electron chi connectivity index (χ2n) is 9.37. The van der Waals surface area contributed by atoms with E-state index in [4.69, 9.17) is 0 Å². The molecule has 0 fully saturated rings. The van der Waals surface area contributed by atoms with E-state index in [1.165, 1.54) is 16.3 Å². The summed E-state index contributed by atoms with van der Waals surface area (Å²) in [6.07, 6.45) is 5.71.